The molecule has 0 aliphatic rings. The SMILES string of the molecule is Cc1[nH]cnc1CSCCNC(N)=NCCSCc1nccs1.O=[N+]([O-])c1cc([N+](=O)[O-])c(O)c([N+](=O)[O-])c1. The summed E-state index contributed by atoms with van der Waals surface area (Å²) in [5, 5.41) is 46.5. The van der Waals surface area contributed by atoms with Gasteiger partial charge in [0.25, 0.3) is 11.4 Å². The number of imidazole rings is 1. The number of nitro benzene ring substituents is 3. The van der Waals surface area contributed by atoms with Crippen LogP contribution in [0.5, 0.6) is 5.75 Å². The van der Waals surface area contributed by atoms with E-state index in [0.717, 1.165) is 52.5 Å². The average molecular weight is 600 g/mol. The molecule has 0 atom stereocenters. The Morgan fingerprint density at radius 3 is 2.31 bits per heavy atom. The number of nitrogens with zero attached hydrogens (tertiary/aromatic N) is 6. The molecule has 39 heavy (non-hydrogen) atoms. The standard InChI is InChI=1S/C14H22N6S3.C6H3N3O7/c1-11-12(20-10-19-11)8-21-5-2-17-14(15)18-3-6-22-9-13-16-4-7-23-13;10-6-4(8(13)14)1-3(7(11)12)2-5(6)9(15)16/h4,7,10H,2-3,5-6,8-9H2,1H3,(H,19,20)(H3,15,17,18);1-2,10H. The molecule has 19 heteroatoms. The van der Waals surface area contributed by atoms with Crippen molar-refractivity contribution in [3.8, 4) is 5.75 Å². The monoisotopic (exact) mass is 599 g/mol. The van der Waals surface area contributed by atoms with Crippen LogP contribution < -0.4 is 11.1 Å². The number of aliphatic imine (C=N–C) groups is 1. The molecule has 3 aromatic rings. The van der Waals surface area contributed by atoms with Crippen molar-refractivity contribution >= 4 is 57.9 Å². The molecular formula is C20H25N9O7S3. The van der Waals surface area contributed by atoms with Crippen molar-refractivity contribution in [1.29, 1.82) is 0 Å². The molecule has 2 aromatic heterocycles. The third-order valence-corrected chi connectivity index (χ3v) is 7.49. The zero-order chi connectivity index (χ0) is 28.8. The Morgan fingerprint density at radius 1 is 1.10 bits per heavy atom. The Balaban J connectivity index is 0.000000293. The fraction of sp³-hybridized carbons (Fsp3) is 0.350. The predicted molar refractivity (Wildman–Crippen MR) is 150 cm³/mol. The van der Waals surface area contributed by atoms with Gasteiger partial charge in [-0.15, -0.1) is 11.3 Å². The summed E-state index contributed by atoms with van der Waals surface area (Å²) < 4.78 is 0. The van der Waals surface area contributed by atoms with Gasteiger partial charge in [-0.1, -0.05) is 0 Å². The van der Waals surface area contributed by atoms with Gasteiger partial charge in [-0.3, -0.25) is 35.3 Å². The Kier molecular flexibility index (Phi) is 12.9. The van der Waals surface area contributed by atoms with Crippen LogP contribution in [0.3, 0.4) is 0 Å². The summed E-state index contributed by atoms with van der Waals surface area (Å²) in [5.41, 5.74) is 5.10. The van der Waals surface area contributed by atoms with Gasteiger partial charge in [-0.2, -0.15) is 23.5 Å². The van der Waals surface area contributed by atoms with Crippen LogP contribution in [0.25, 0.3) is 0 Å². The summed E-state index contributed by atoms with van der Waals surface area (Å²) in [6, 6.07) is 0.894. The summed E-state index contributed by atoms with van der Waals surface area (Å²) in [6.07, 6.45) is 3.58. The molecule has 0 amide bonds. The molecule has 1 aromatic carbocycles. The first-order chi connectivity index (χ1) is 18.6. The van der Waals surface area contributed by atoms with Crippen molar-refractivity contribution in [3.63, 3.8) is 0 Å². The molecule has 0 spiro atoms. The number of thioether (sulfide) groups is 2. The van der Waals surface area contributed by atoms with E-state index < -0.39 is 37.6 Å². The van der Waals surface area contributed by atoms with Gasteiger partial charge in [0.05, 0.1) is 45.5 Å². The summed E-state index contributed by atoms with van der Waals surface area (Å²) in [6.45, 7) is 3.59. The van der Waals surface area contributed by atoms with E-state index in [1.54, 1.807) is 17.7 Å². The van der Waals surface area contributed by atoms with Crippen LogP contribution in [0.1, 0.15) is 16.4 Å². The van der Waals surface area contributed by atoms with E-state index in [0.29, 0.717) is 18.1 Å². The van der Waals surface area contributed by atoms with E-state index in [4.69, 9.17) is 10.8 Å². The number of aryl methyl sites for hydroxylation is 1. The highest BCUT2D eigenvalue weighted by molar-refractivity contribution is 7.98. The van der Waals surface area contributed by atoms with Crippen LogP contribution in [0.15, 0.2) is 35.0 Å². The van der Waals surface area contributed by atoms with E-state index >= 15 is 0 Å². The lowest BCUT2D eigenvalue weighted by Gasteiger charge is -2.05. The number of nitro groups is 3. The minimum absolute atomic E-state index is 0.447. The van der Waals surface area contributed by atoms with E-state index in [-0.39, 0.29) is 0 Å². The highest BCUT2D eigenvalue weighted by atomic mass is 32.2. The predicted octanol–water partition coefficient (Wildman–Crippen LogP) is 3.36. The molecule has 0 saturated carbocycles. The lowest BCUT2D eigenvalue weighted by Crippen LogP contribution is -2.33. The number of phenols is 1. The minimum Gasteiger partial charge on any atom is -0.497 e. The molecule has 3 rings (SSSR count). The number of phenolic OH excluding ortho intramolecular Hbond substituents is 1. The molecule has 0 aliphatic heterocycles. The van der Waals surface area contributed by atoms with Crippen LogP contribution in [-0.2, 0) is 11.5 Å². The van der Waals surface area contributed by atoms with Gasteiger partial charge in [-0.25, -0.2) is 9.97 Å². The van der Waals surface area contributed by atoms with Crippen LogP contribution in [-0.4, -0.2) is 65.4 Å². The highest BCUT2D eigenvalue weighted by Gasteiger charge is 2.30. The summed E-state index contributed by atoms with van der Waals surface area (Å²) in [4.78, 5) is 43.7. The molecule has 2 heterocycles. The first-order valence-electron chi connectivity index (χ1n) is 11.0. The molecule has 210 valence electrons. The van der Waals surface area contributed by atoms with Crippen molar-refractivity contribution in [3.05, 3.63) is 76.8 Å². The Hall–Kier alpha value is -3.97. The largest absolute Gasteiger partial charge is 0.497 e. The number of nitrogens with one attached hydrogen (secondary N) is 2. The number of rotatable bonds is 13. The number of non-ortho nitro benzene ring substituents is 1. The smallest absolute Gasteiger partial charge is 0.324 e. The Labute approximate surface area is 234 Å². The van der Waals surface area contributed by atoms with E-state index in [2.05, 4.69) is 25.3 Å². The Morgan fingerprint density at radius 2 is 1.77 bits per heavy atom. The molecule has 0 saturated heterocycles. The fourth-order valence-corrected chi connectivity index (χ4v) is 5.11. The molecule has 0 aliphatic carbocycles. The normalized spacial score (nSPS) is 10.9. The second-order valence-electron chi connectivity index (χ2n) is 7.30. The number of H-pyrrole nitrogens is 1. The minimum atomic E-state index is -1.21. The number of aromatic amines is 1. The number of guanidine groups is 1. The van der Waals surface area contributed by atoms with Crippen LogP contribution in [0, 0.1) is 37.3 Å². The quantitative estimate of drug-likeness (QED) is 0.0725. The lowest BCUT2D eigenvalue weighted by atomic mass is 10.2. The van der Waals surface area contributed by atoms with E-state index in [1.807, 2.05) is 42.0 Å². The topological polar surface area (TPSA) is 242 Å². The third kappa shape index (κ3) is 10.7. The summed E-state index contributed by atoms with van der Waals surface area (Å²) in [5.74, 6) is 3.11. The van der Waals surface area contributed by atoms with Gasteiger partial charge in [0.15, 0.2) is 5.96 Å². The second-order valence-corrected chi connectivity index (χ2v) is 10.5. The maximum atomic E-state index is 10.4. The fourth-order valence-electron chi connectivity index (χ4n) is 2.70. The highest BCUT2D eigenvalue weighted by Crippen LogP contribution is 2.38. The number of thiazole rings is 1. The maximum Gasteiger partial charge on any atom is 0.324 e. The number of hydrogen-bond donors (Lipinski definition) is 4. The van der Waals surface area contributed by atoms with Crippen molar-refractivity contribution < 1.29 is 19.9 Å². The molecule has 5 N–H and O–H groups in total. The van der Waals surface area contributed by atoms with E-state index in [1.165, 1.54) is 0 Å². The van der Waals surface area contributed by atoms with Gasteiger partial charge in [-0.05, 0) is 6.92 Å². The van der Waals surface area contributed by atoms with Crippen molar-refractivity contribution in [2.45, 2.75) is 18.4 Å². The summed E-state index contributed by atoms with van der Waals surface area (Å²) >= 11 is 5.35. The van der Waals surface area contributed by atoms with Gasteiger partial charge in [0, 0.05) is 46.8 Å². The van der Waals surface area contributed by atoms with Crippen molar-refractivity contribution in [1.82, 2.24) is 20.3 Å². The molecule has 0 bridgehead atoms. The first-order valence-corrected chi connectivity index (χ1v) is 14.2. The number of nitrogens with two attached hydrogens (primary N) is 1. The zero-order valence-corrected chi connectivity index (χ0v) is 23.0. The van der Waals surface area contributed by atoms with Crippen LogP contribution in [0.2, 0.25) is 0 Å². The van der Waals surface area contributed by atoms with Gasteiger partial charge in [0.2, 0.25) is 0 Å². The van der Waals surface area contributed by atoms with Crippen molar-refractivity contribution in [2.75, 3.05) is 24.6 Å². The lowest BCUT2D eigenvalue weighted by molar-refractivity contribution is -0.404. The summed E-state index contributed by atoms with van der Waals surface area (Å²) in [7, 11) is 0. The number of hydrogen-bond acceptors (Lipinski definition) is 13. The second kappa shape index (κ2) is 16.1. The number of aromatic nitrogens is 3. The third-order valence-electron chi connectivity index (χ3n) is 4.61. The van der Waals surface area contributed by atoms with Gasteiger partial charge >= 0.3 is 11.4 Å². The van der Waals surface area contributed by atoms with Crippen molar-refractivity contribution in [2.24, 2.45) is 10.7 Å². The number of aromatic hydroxyl groups is 1. The maximum absolute atomic E-state index is 10.4. The molecule has 0 radical (unpaired) electrons. The first kappa shape index (κ1) is 31.2. The molecule has 16 nitrogen and oxygen atoms in total. The Bertz CT molecular complexity index is 1250. The van der Waals surface area contributed by atoms with Crippen LogP contribution in [0.4, 0.5) is 17.1 Å². The van der Waals surface area contributed by atoms with Gasteiger partial charge < -0.3 is 21.1 Å². The molecule has 0 fully saturated rings. The zero-order valence-electron chi connectivity index (χ0n) is 20.5. The molecule has 0 unspecified atom stereocenters. The number of benzene rings is 1. The molecular weight excluding hydrogens is 574 g/mol. The average Bonchev–Trinajstić information content (AvgIpc) is 3.55. The van der Waals surface area contributed by atoms with Gasteiger partial charge in [0.1, 0.15) is 5.01 Å². The van der Waals surface area contributed by atoms with Crippen LogP contribution >= 0.6 is 34.9 Å². The van der Waals surface area contributed by atoms with E-state index in [9.17, 15) is 30.3 Å².